The maximum absolute atomic E-state index is 5.05. The minimum Gasteiger partial charge on any atom is -0.459 e. The predicted molar refractivity (Wildman–Crippen MR) is 31.0 cm³/mol. The van der Waals surface area contributed by atoms with E-state index < -0.39 is 0 Å². The van der Waals surface area contributed by atoms with Gasteiger partial charge in [0.05, 0.1) is 0 Å². The summed E-state index contributed by atoms with van der Waals surface area (Å²) >= 11 is 0. The lowest BCUT2D eigenvalue weighted by Gasteiger charge is -2.01. The van der Waals surface area contributed by atoms with Crippen molar-refractivity contribution in [2.75, 3.05) is 6.61 Å². The molecule has 0 N–H and O–H groups in total. The predicted octanol–water partition coefficient (Wildman–Crippen LogP) is 1.08. The molecule has 0 aromatic carbocycles. The van der Waals surface area contributed by atoms with Crippen molar-refractivity contribution in [1.82, 2.24) is 4.98 Å². The van der Waals surface area contributed by atoms with Crippen molar-refractivity contribution in [2.24, 2.45) is 0 Å². The summed E-state index contributed by atoms with van der Waals surface area (Å²) in [6.07, 6.45) is 5.15. The Balaban J connectivity index is 2.53. The molecule has 1 aliphatic heterocycles. The normalized spacial score (nSPS) is 14.7. The zero-order chi connectivity index (χ0) is 6.10. The van der Waals surface area contributed by atoms with Gasteiger partial charge in [-0.2, -0.15) is 0 Å². The van der Waals surface area contributed by atoms with Gasteiger partial charge >= 0.3 is 5.95 Å². The van der Waals surface area contributed by atoms with E-state index in [0.717, 1.165) is 5.69 Å². The maximum Gasteiger partial charge on any atom is 0.313 e. The number of ether oxygens (including phenoxy) is 1. The van der Waals surface area contributed by atoms with Crippen molar-refractivity contribution in [1.29, 1.82) is 0 Å². The Kier molecular flexibility index (Phi) is 0.828. The van der Waals surface area contributed by atoms with E-state index in [0.29, 0.717) is 12.6 Å². The molecule has 2 rings (SSSR count). The van der Waals surface area contributed by atoms with Crippen molar-refractivity contribution in [2.45, 2.75) is 0 Å². The second-order valence-corrected chi connectivity index (χ2v) is 1.74. The number of oxazole rings is 1. The highest BCUT2D eigenvalue weighted by Crippen LogP contribution is 2.20. The summed E-state index contributed by atoms with van der Waals surface area (Å²) in [6.45, 7) is 0.586. The van der Waals surface area contributed by atoms with E-state index in [1.165, 1.54) is 6.39 Å². The molecule has 0 amide bonds. The van der Waals surface area contributed by atoms with Crippen molar-refractivity contribution in [3.05, 3.63) is 18.2 Å². The van der Waals surface area contributed by atoms with Crippen molar-refractivity contribution >= 4 is 6.08 Å². The molecule has 0 saturated carbocycles. The fourth-order valence-electron chi connectivity index (χ4n) is 0.747. The van der Waals surface area contributed by atoms with E-state index in [1.54, 1.807) is 0 Å². The third kappa shape index (κ3) is 0.614. The molecule has 0 aliphatic carbocycles. The van der Waals surface area contributed by atoms with Crippen LogP contribution in [-0.2, 0) is 0 Å². The minimum absolute atomic E-state index is 0.525. The summed E-state index contributed by atoms with van der Waals surface area (Å²) in [6, 6.07) is 0. The molecular weight excluding hydrogens is 118 g/mol. The summed E-state index contributed by atoms with van der Waals surface area (Å²) < 4.78 is 9.92. The second kappa shape index (κ2) is 1.62. The van der Waals surface area contributed by atoms with E-state index >= 15 is 0 Å². The van der Waals surface area contributed by atoms with E-state index in [2.05, 4.69) is 4.98 Å². The van der Waals surface area contributed by atoms with E-state index in [9.17, 15) is 0 Å². The smallest absolute Gasteiger partial charge is 0.313 e. The van der Waals surface area contributed by atoms with Gasteiger partial charge < -0.3 is 9.15 Å². The summed E-state index contributed by atoms with van der Waals surface area (Å²) in [5.41, 5.74) is 0.779. The molecule has 9 heavy (non-hydrogen) atoms. The standard InChI is InChI=1S/C6H5NO2/c1-2-5-6(8-3-1)9-4-7-5/h1-2,4H,3H2. The van der Waals surface area contributed by atoms with Crippen LogP contribution in [0.25, 0.3) is 6.08 Å². The summed E-state index contributed by atoms with van der Waals surface area (Å²) in [7, 11) is 0. The molecule has 0 atom stereocenters. The lowest BCUT2D eigenvalue weighted by molar-refractivity contribution is 0.268. The van der Waals surface area contributed by atoms with Crippen molar-refractivity contribution < 1.29 is 9.15 Å². The number of hydrogen-bond acceptors (Lipinski definition) is 3. The third-order valence-electron chi connectivity index (χ3n) is 1.15. The molecule has 0 spiro atoms. The largest absolute Gasteiger partial charge is 0.459 e. The zero-order valence-corrected chi connectivity index (χ0v) is 4.70. The van der Waals surface area contributed by atoms with Crippen LogP contribution in [0.15, 0.2) is 16.9 Å². The average molecular weight is 123 g/mol. The van der Waals surface area contributed by atoms with Crippen LogP contribution in [0.5, 0.6) is 5.95 Å². The molecule has 1 aliphatic rings. The van der Waals surface area contributed by atoms with Gasteiger partial charge in [-0.05, 0) is 12.2 Å². The first-order valence-electron chi connectivity index (χ1n) is 2.69. The summed E-state index contributed by atoms with van der Waals surface area (Å²) in [5.74, 6) is 0.525. The molecule has 0 radical (unpaired) electrons. The van der Waals surface area contributed by atoms with Crippen LogP contribution in [0.2, 0.25) is 0 Å². The molecule has 2 heterocycles. The van der Waals surface area contributed by atoms with Gasteiger partial charge in [0.2, 0.25) is 0 Å². The number of rotatable bonds is 0. The molecule has 3 nitrogen and oxygen atoms in total. The first kappa shape index (κ1) is 4.61. The van der Waals surface area contributed by atoms with Crippen LogP contribution < -0.4 is 4.74 Å². The Morgan fingerprint density at radius 3 is 3.44 bits per heavy atom. The topological polar surface area (TPSA) is 35.3 Å². The van der Waals surface area contributed by atoms with Crippen molar-refractivity contribution in [3.63, 3.8) is 0 Å². The van der Waals surface area contributed by atoms with Gasteiger partial charge in [-0.15, -0.1) is 0 Å². The average Bonchev–Trinajstić information content (AvgIpc) is 2.33. The quantitative estimate of drug-likeness (QED) is 0.517. The van der Waals surface area contributed by atoms with Gasteiger partial charge in [0, 0.05) is 0 Å². The van der Waals surface area contributed by atoms with Gasteiger partial charge in [0.15, 0.2) is 6.39 Å². The monoisotopic (exact) mass is 123 g/mol. The van der Waals surface area contributed by atoms with Crippen LogP contribution >= 0.6 is 0 Å². The number of aromatic nitrogens is 1. The van der Waals surface area contributed by atoms with Crippen molar-refractivity contribution in [3.8, 4) is 5.95 Å². The number of fused-ring (bicyclic) bond motifs is 1. The van der Waals surface area contributed by atoms with Crippen LogP contribution in [0.4, 0.5) is 0 Å². The fraction of sp³-hybridized carbons (Fsp3) is 0.167. The van der Waals surface area contributed by atoms with E-state index in [4.69, 9.17) is 9.15 Å². The van der Waals surface area contributed by atoms with Crippen LogP contribution in [0, 0.1) is 0 Å². The molecule has 1 aromatic rings. The first-order chi connectivity index (χ1) is 4.47. The van der Waals surface area contributed by atoms with E-state index in [1.807, 2.05) is 12.2 Å². The summed E-state index contributed by atoms with van der Waals surface area (Å²) in [5, 5.41) is 0. The maximum atomic E-state index is 5.05. The van der Waals surface area contributed by atoms with Gasteiger partial charge in [-0.3, -0.25) is 0 Å². The highest BCUT2D eigenvalue weighted by atomic mass is 16.6. The Hall–Kier alpha value is -1.25. The van der Waals surface area contributed by atoms with Crippen LogP contribution in [0.3, 0.4) is 0 Å². The lowest BCUT2D eigenvalue weighted by atomic mass is 10.4. The molecule has 0 unspecified atom stereocenters. The number of hydrogen-bond donors (Lipinski definition) is 0. The highest BCUT2D eigenvalue weighted by Gasteiger charge is 2.08. The zero-order valence-electron chi connectivity index (χ0n) is 4.70. The second-order valence-electron chi connectivity index (χ2n) is 1.74. The Bertz CT molecular complexity index is 239. The SMILES string of the molecule is C1=Cc2ncoc2OC1. The molecule has 0 fully saturated rings. The van der Waals surface area contributed by atoms with Gasteiger partial charge in [-0.1, -0.05) is 0 Å². The Labute approximate surface area is 52.0 Å². The number of nitrogens with zero attached hydrogens (tertiary/aromatic N) is 1. The Morgan fingerprint density at radius 2 is 2.56 bits per heavy atom. The molecule has 0 saturated heterocycles. The Morgan fingerprint density at radius 1 is 1.56 bits per heavy atom. The third-order valence-corrected chi connectivity index (χ3v) is 1.15. The first-order valence-corrected chi connectivity index (χ1v) is 2.69. The summed E-state index contributed by atoms with van der Waals surface area (Å²) in [4.78, 5) is 3.88. The molecule has 3 heteroatoms. The van der Waals surface area contributed by atoms with Gasteiger partial charge in [0.25, 0.3) is 0 Å². The van der Waals surface area contributed by atoms with Crippen LogP contribution in [0.1, 0.15) is 5.69 Å². The lowest BCUT2D eigenvalue weighted by Crippen LogP contribution is -1.97. The fourth-order valence-corrected chi connectivity index (χ4v) is 0.747. The van der Waals surface area contributed by atoms with Gasteiger partial charge in [-0.25, -0.2) is 4.98 Å². The van der Waals surface area contributed by atoms with Gasteiger partial charge in [0.1, 0.15) is 12.3 Å². The highest BCUT2D eigenvalue weighted by molar-refractivity contribution is 5.50. The molecule has 0 bridgehead atoms. The molecular formula is C6H5NO2. The minimum atomic E-state index is 0.525. The molecule has 46 valence electrons. The van der Waals surface area contributed by atoms with E-state index in [-0.39, 0.29) is 0 Å². The van der Waals surface area contributed by atoms with Crippen LogP contribution in [-0.4, -0.2) is 11.6 Å². The molecule has 1 aromatic heterocycles.